The number of anilines is 2. The van der Waals surface area contributed by atoms with Crippen molar-refractivity contribution in [2.75, 3.05) is 30.4 Å². The molecule has 2 aliphatic rings. The Hall–Kier alpha value is -2.47. The molecular weight excluding hydrogens is 500 g/mol. The highest BCUT2D eigenvalue weighted by atomic mass is 32.2. The van der Waals surface area contributed by atoms with Crippen LogP contribution in [0, 0.1) is 5.41 Å². The minimum atomic E-state index is -3.78. The summed E-state index contributed by atoms with van der Waals surface area (Å²) in [4.78, 5) is 15.6. The first-order valence-corrected chi connectivity index (χ1v) is 15.0. The number of amides is 1. The Labute approximate surface area is 213 Å². The Morgan fingerprint density at radius 3 is 2.11 bits per heavy atom. The third kappa shape index (κ3) is 5.91. The Bertz CT molecular complexity index is 1370. The van der Waals surface area contributed by atoms with E-state index >= 15 is 0 Å². The maximum Gasteiger partial charge on any atom is 0.257 e. The predicted octanol–water partition coefficient (Wildman–Crippen LogP) is 3.30. The smallest absolute Gasteiger partial charge is 0.257 e. The molecule has 1 aliphatic carbocycles. The molecule has 0 radical (unpaired) electrons. The van der Waals surface area contributed by atoms with E-state index in [4.69, 9.17) is 0 Å². The van der Waals surface area contributed by atoms with E-state index in [2.05, 4.69) is 19.7 Å². The molecule has 11 heteroatoms. The van der Waals surface area contributed by atoms with Crippen molar-refractivity contribution >= 4 is 37.3 Å². The van der Waals surface area contributed by atoms with E-state index in [1.54, 1.807) is 39.0 Å². The van der Waals surface area contributed by atoms with Crippen LogP contribution in [0.3, 0.4) is 0 Å². The van der Waals surface area contributed by atoms with Crippen LogP contribution >= 0.6 is 0 Å². The van der Waals surface area contributed by atoms with Crippen LogP contribution < -0.4 is 19.7 Å². The third-order valence-corrected chi connectivity index (χ3v) is 9.93. The maximum absolute atomic E-state index is 13.4. The van der Waals surface area contributed by atoms with Crippen molar-refractivity contribution in [1.29, 1.82) is 0 Å². The van der Waals surface area contributed by atoms with Crippen molar-refractivity contribution in [3.8, 4) is 0 Å². The molecule has 1 saturated heterocycles. The Morgan fingerprint density at radius 2 is 1.53 bits per heavy atom. The summed E-state index contributed by atoms with van der Waals surface area (Å²) in [6.07, 6.45) is 4.48. The van der Waals surface area contributed by atoms with Crippen molar-refractivity contribution in [3.05, 3.63) is 48.0 Å². The molecule has 1 heterocycles. The number of rotatable bonds is 7. The number of nitrogens with one attached hydrogen (secondary N) is 3. The van der Waals surface area contributed by atoms with Gasteiger partial charge in [-0.3, -0.25) is 4.79 Å². The Balaban J connectivity index is 1.63. The SMILES string of the molecule is CNS(=O)(=O)c1ccc(C(=O)Nc2cccc(S(=O)(=O)NC(C)(C)C)c2)c(N2CCC3(CC2)CC3)c1. The van der Waals surface area contributed by atoms with E-state index < -0.39 is 31.5 Å². The molecule has 3 N–H and O–H groups in total. The molecule has 1 saturated carbocycles. The first kappa shape index (κ1) is 26.6. The number of nitrogens with zero attached hydrogens (tertiary/aromatic N) is 1. The molecule has 1 spiro atoms. The van der Waals surface area contributed by atoms with E-state index in [0.717, 1.165) is 25.9 Å². The summed E-state index contributed by atoms with van der Waals surface area (Å²) in [5.41, 5.74) is 0.969. The molecule has 1 amide bonds. The zero-order valence-corrected chi connectivity index (χ0v) is 22.7. The number of carbonyl (C=O) groups excluding carboxylic acids is 1. The molecular formula is C25H34N4O5S2. The van der Waals surface area contributed by atoms with E-state index in [1.807, 2.05) is 0 Å². The number of piperidine rings is 1. The monoisotopic (exact) mass is 534 g/mol. The summed E-state index contributed by atoms with van der Waals surface area (Å²) < 4.78 is 55.3. The predicted molar refractivity (Wildman–Crippen MR) is 140 cm³/mol. The summed E-state index contributed by atoms with van der Waals surface area (Å²) in [5.74, 6) is -0.441. The zero-order valence-electron chi connectivity index (χ0n) is 21.1. The van der Waals surface area contributed by atoms with Crippen molar-refractivity contribution in [1.82, 2.24) is 9.44 Å². The molecule has 2 aromatic carbocycles. The first-order chi connectivity index (χ1) is 16.7. The fourth-order valence-electron chi connectivity index (χ4n) is 4.55. The second kappa shape index (κ2) is 9.44. The van der Waals surface area contributed by atoms with Gasteiger partial charge in [0.2, 0.25) is 20.0 Å². The van der Waals surface area contributed by atoms with E-state index in [-0.39, 0.29) is 9.79 Å². The molecule has 9 nitrogen and oxygen atoms in total. The van der Waals surface area contributed by atoms with Crippen LogP contribution in [0.15, 0.2) is 52.3 Å². The lowest BCUT2D eigenvalue weighted by Gasteiger charge is -2.35. The van der Waals surface area contributed by atoms with E-state index in [0.29, 0.717) is 22.4 Å². The molecule has 36 heavy (non-hydrogen) atoms. The van der Waals surface area contributed by atoms with Crippen molar-refractivity contribution in [2.24, 2.45) is 5.41 Å². The summed E-state index contributed by atoms with van der Waals surface area (Å²) in [7, 11) is -6.12. The fraction of sp³-hybridized carbons (Fsp3) is 0.480. The first-order valence-electron chi connectivity index (χ1n) is 12.0. The Kier molecular flexibility index (Phi) is 6.97. The fourth-order valence-corrected chi connectivity index (χ4v) is 6.76. The minimum absolute atomic E-state index is 0.0386. The van der Waals surface area contributed by atoms with Crippen LogP contribution in [0.1, 0.15) is 56.8 Å². The van der Waals surface area contributed by atoms with Gasteiger partial charge in [-0.1, -0.05) is 6.07 Å². The van der Waals surface area contributed by atoms with Gasteiger partial charge in [-0.15, -0.1) is 0 Å². The van der Waals surface area contributed by atoms with Gasteiger partial charge in [0, 0.05) is 24.3 Å². The van der Waals surface area contributed by atoms with Crippen LogP contribution in [0.5, 0.6) is 0 Å². The van der Waals surface area contributed by atoms with Gasteiger partial charge in [0.1, 0.15) is 0 Å². The second-order valence-electron chi connectivity index (χ2n) is 10.7. The topological polar surface area (TPSA) is 125 Å². The van der Waals surface area contributed by atoms with Gasteiger partial charge in [-0.05, 0) is 95.3 Å². The molecule has 0 bridgehead atoms. The highest BCUT2D eigenvalue weighted by Gasteiger charge is 2.44. The summed E-state index contributed by atoms with van der Waals surface area (Å²) >= 11 is 0. The molecule has 0 unspecified atom stereocenters. The number of benzene rings is 2. The van der Waals surface area contributed by atoms with Crippen LogP contribution in [0.2, 0.25) is 0 Å². The average Bonchev–Trinajstić information content (AvgIpc) is 3.56. The van der Waals surface area contributed by atoms with E-state index in [9.17, 15) is 21.6 Å². The molecule has 4 rings (SSSR count). The summed E-state index contributed by atoms with van der Waals surface area (Å²) in [6, 6.07) is 10.5. The van der Waals surface area contributed by atoms with Gasteiger partial charge >= 0.3 is 0 Å². The van der Waals surface area contributed by atoms with Crippen LogP contribution in [-0.2, 0) is 20.0 Å². The van der Waals surface area contributed by atoms with Gasteiger partial charge in [-0.25, -0.2) is 26.3 Å². The number of hydrogen-bond donors (Lipinski definition) is 3. The summed E-state index contributed by atoms with van der Waals surface area (Å²) in [5, 5.41) is 2.79. The molecule has 196 valence electrons. The molecule has 0 atom stereocenters. The van der Waals surface area contributed by atoms with Gasteiger partial charge in [0.05, 0.1) is 21.0 Å². The van der Waals surface area contributed by atoms with Gasteiger partial charge < -0.3 is 10.2 Å². The van der Waals surface area contributed by atoms with Crippen molar-refractivity contribution in [2.45, 2.75) is 61.8 Å². The lowest BCUT2D eigenvalue weighted by molar-refractivity contribution is 0.102. The maximum atomic E-state index is 13.4. The van der Waals surface area contributed by atoms with E-state index in [1.165, 1.54) is 44.2 Å². The highest BCUT2D eigenvalue weighted by molar-refractivity contribution is 7.89. The summed E-state index contributed by atoms with van der Waals surface area (Å²) in [6.45, 7) is 6.74. The largest absolute Gasteiger partial charge is 0.371 e. The molecule has 2 aromatic rings. The third-order valence-electron chi connectivity index (χ3n) is 6.76. The van der Waals surface area contributed by atoms with Gasteiger partial charge in [-0.2, -0.15) is 0 Å². The number of carbonyl (C=O) groups is 1. The molecule has 2 fully saturated rings. The zero-order chi connectivity index (χ0) is 26.4. The van der Waals surface area contributed by atoms with Gasteiger partial charge in [0.15, 0.2) is 0 Å². The molecule has 1 aliphatic heterocycles. The lowest BCUT2D eigenvalue weighted by Crippen LogP contribution is -2.40. The van der Waals surface area contributed by atoms with Crippen molar-refractivity contribution < 1.29 is 21.6 Å². The van der Waals surface area contributed by atoms with Gasteiger partial charge in [0.25, 0.3) is 5.91 Å². The number of hydrogen-bond acceptors (Lipinski definition) is 6. The minimum Gasteiger partial charge on any atom is -0.371 e. The van der Waals surface area contributed by atoms with Crippen LogP contribution in [0.4, 0.5) is 11.4 Å². The molecule has 0 aromatic heterocycles. The number of sulfonamides is 2. The lowest BCUT2D eigenvalue weighted by atomic mass is 9.93. The van der Waals surface area contributed by atoms with Crippen LogP contribution in [-0.4, -0.2) is 48.4 Å². The van der Waals surface area contributed by atoms with Crippen molar-refractivity contribution in [3.63, 3.8) is 0 Å². The average molecular weight is 535 g/mol. The second-order valence-corrected chi connectivity index (χ2v) is 14.3. The quantitative estimate of drug-likeness (QED) is 0.501. The van der Waals surface area contributed by atoms with Crippen LogP contribution in [0.25, 0.3) is 0 Å². The highest BCUT2D eigenvalue weighted by Crippen LogP contribution is 2.54. The normalized spacial score (nSPS) is 17.7. The Morgan fingerprint density at radius 1 is 0.889 bits per heavy atom. The standard InChI is InChI=1S/C25H34N4O5S2/c1-24(2,3)28-36(33,34)19-7-5-6-18(16-19)27-23(30)21-9-8-20(35(31,32)26-4)17-22(21)29-14-12-25(10-11-25)13-15-29/h5-9,16-17,26,28H,10-15H2,1-4H3,(H,27,30).